The Balaban J connectivity index is 1.65. The van der Waals surface area contributed by atoms with Gasteiger partial charge in [0, 0.05) is 36.5 Å². The molecule has 2 rings (SSSR count). The molecule has 2 fully saturated rings. The molecule has 0 aliphatic carbocycles. The van der Waals surface area contributed by atoms with Gasteiger partial charge in [-0.05, 0) is 25.7 Å². The van der Waals surface area contributed by atoms with Crippen molar-refractivity contribution < 1.29 is 9.59 Å². The lowest BCUT2D eigenvalue weighted by Gasteiger charge is -2.29. The first-order valence-electron chi connectivity index (χ1n) is 7.68. The van der Waals surface area contributed by atoms with Crippen molar-refractivity contribution in [3.05, 3.63) is 0 Å². The molecule has 114 valence electrons. The van der Waals surface area contributed by atoms with Crippen molar-refractivity contribution in [2.24, 2.45) is 5.41 Å². The second kappa shape index (κ2) is 6.12. The van der Waals surface area contributed by atoms with Gasteiger partial charge in [-0.3, -0.25) is 9.59 Å². The number of hydrogen-bond acceptors (Lipinski definition) is 3. The number of piperidine rings is 1. The summed E-state index contributed by atoms with van der Waals surface area (Å²) >= 11 is 0. The van der Waals surface area contributed by atoms with Crippen molar-refractivity contribution >= 4 is 11.8 Å². The van der Waals surface area contributed by atoms with Gasteiger partial charge in [-0.1, -0.05) is 20.8 Å². The summed E-state index contributed by atoms with van der Waals surface area (Å²) in [5, 5.41) is 9.47. The van der Waals surface area contributed by atoms with Crippen LogP contribution in [0.15, 0.2) is 0 Å². The SMILES string of the molecule is CC(C)(C)C(=O)NCCC(=O)NC1CC2CCC(C1)N2. The van der Waals surface area contributed by atoms with Crippen molar-refractivity contribution in [2.45, 2.75) is 71.0 Å². The predicted octanol–water partition coefficient (Wildman–Crippen LogP) is 0.938. The van der Waals surface area contributed by atoms with E-state index in [0.717, 1.165) is 12.8 Å². The Labute approximate surface area is 121 Å². The average Bonchev–Trinajstić information content (AvgIpc) is 2.67. The van der Waals surface area contributed by atoms with Crippen LogP contribution < -0.4 is 16.0 Å². The van der Waals surface area contributed by atoms with E-state index in [0.29, 0.717) is 31.1 Å². The highest BCUT2D eigenvalue weighted by atomic mass is 16.2. The average molecular weight is 281 g/mol. The third kappa shape index (κ3) is 4.20. The Bertz CT molecular complexity index is 364. The van der Waals surface area contributed by atoms with Crippen molar-refractivity contribution in [1.29, 1.82) is 0 Å². The van der Waals surface area contributed by atoms with Gasteiger partial charge in [0.25, 0.3) is 0 Å². The van der Waals surface area contributed by atoms with Crippen molar-refractivity contribution in [3.8, 4) is 0 Å². The maximum atomic E-state index is 11.9. The molecule has 2 amide bonds. The van der Waals surface area contributed by atoms with E-state index in [1.807, 2.05) is 20.8 Å². The van der Waals surface area contributed by atoms with Crippen LogP contribution in [0, 0.1) is 5.41 Å². The third-order valence-corrected chi connectivity index (χ3v) is 4.16. The second-order valence-electron chi connectivity index (χ2n) is 7.13. The number of nitrogens with one attached hydrogen (secondary N) is 3. The van der Waals surface area contributed by atoms with E-state index in [4.69, 9.17) is 0 Å². The smallest absolute Gasteiger partial charge is 0.225 e. The first kappa shape index (κ1) is 15.3. The van der Waals surface area contributed by atoms with Crippen LogP contribution in [0.5, 0.6) is 0 Å². The topological polar surface area (TPSA) is 70.2 Å². The fourth-order valence-electron chi connectivity index (χ4n) is 3.03. The number of rotatable bonds is 4. The number of fused-ring (bicyclic) bond motifs is 2. The van der Waals surface area contributed by atoms with Crippen LogP contribution in [0.4, 0.5) is 0 Å². The maximum Gasteiger partial charge on any atom is 0.225 e. The van der Waals surface area contributed by atoms with Gasteiger partial charge in [-0.25, -0.2) is 0 Å². The molecule has 2 atom stereocenters. The van der Waals surface area contributed by atoms with E-state index in [1.54, 1.807) is 0 Å². The second-order valence-corrected chi connectivity index (χ2v) is 7.13. The van der Waals surface area contributed by atoms with E-state index in [9.17, 15) is 9.59 Å². The molecule has 5 heteroatoms. The van der Waals surface area contributed by atoms with E-state index < -0.39 is 5.41 Å². The molecular formula is C15H27N3O2. The molecule has 0 aromatic rings. The largest absolute Gasteiger partial charge is 0.355 e. The van der Waals surface area contributed by atoms with Gasteiger partial charge in [0.2, 0.25) is 11.8 Å². The summed E-state index contributed by atoms with van der Waals surface area (Å²) in [5.74, 6) is 0.0377. The highest BCUT2D eigenvalue weighted by Crippen LogP contribution is 2.26. The molecule has 0 radical (unpaired) electrons. The lowest BCUT2D eigenvalue weighted by Crippen LogP contribution is -2.48. The van der Waals surface area contributed by atoms with Crippen molar-refractivity contribution in [1.82, 2.24) is 16.0 Å². The van der Waals surface area contributed by atoms with E-state index in [-0.39, 0.29) is 11.8 Å². The van der Waals surface area contributed by atoms with Gasteiger partial charge < -0.3 is 16.0 Å². The Morgan fingerprint density at radius 3 is 2.30 bits per heavy atom. The summed E-state index contributed by atoms with van der Waals surface area (Å²) in [5.41, 5.74) is -0.398. The fraction of sp³-hybridized carbons (Fsp3) is 0.867. The minimum Gasteiger partial charge on any atom is -0.355 e. The molecule has 3 N–H and O–H groups in total. The van der Waals surface area contributed by atoms with Crippen LogP contribution in [-0.2, 0) is 9.59 Å². The third-order valence-electron chi connectivity index (χ3n) is 4.16. The molecule has 2 unspecified atom stereocenters. The molecule has 20 heavy (non-hydrogen) atoms. The summed E-state index contributed by atoms with van der Waals surface area (Å²) in [6.07, 6.45) is 4.91. The Morgan fingerprint density at radius 1 is 1.15 bits per heavy atom. The predicted molar refractivity (Wildman–Crippen MR) is 78.2 cm³/mol. The summed E-state index contributed by atoms with van der Waals surface area (Å²) in [6.45, 7) is 6.02. The molecule has 0 aromatic carbocycles. The molecule has 0 spiro atoms. The summed E-state index contributed by atoms with van der Waals surface area (Å²) < 4.78 is 0. The van der Waals surface area contributed by atoms with Crippen LogP contribution in [0.3, 0.4) is 0 Å². The Hall–Kier alpha value is -1.10. The quantitative estimate of drug-likeness (QED) is 0.718. The summed E-state index contributed by atoms with van der Waals surface area (Å²) in [6, 6.07) is 1.47. The van der Waals surface area contributed by atoms with Crippen molar-refractivity contribution in [3.63, 3.8) is 0 Å². The van der Waals surface area contributed by atoms with Gasteiger partial charge in [0.05, 0.1) is 0 Å². The molecule has 5 nitrogen and oxygen atoms in total. The van der Waals surface area contributed by atoms with E-state index >= 15 is 0 Å². The van der Waals surface area contributed by atoms with Crippen LogP contribution in [0.25, 0.3) is 0 Å². The lowest BCUT2D eigenvalue weighted by molar-refractivity contribution is -0.128. The van der Waals surface area contributed by atoms with Crippen LogP contribution >= 0.6 is 0 Å². The molecule has 2 aliphatic rings. The molecule has 2 saturated heterocycles. The Kier molecular flexibility index (Phi) is 4.68. The summed E-state index contributed by atoms with van der Waals surface area (Å²) in [4.78, 5) is 23.6. The van der Waals surface area contributed by atoms with Gasteiger partial charge in [-0.15, -0.1) is 0 Å². The molecule has 2 bridgehead atoms. The van der Waals surface area contributed by atoms with Gasteiger partial charge >= 0.3 is 0 Å². The standard InChI is InChI=1S/C15H27N3O2/c1-15(2,3)14(20)16-7-6-13(19)18-12-8-10-4-5-11(9-12)17-10/h10-12,17H,4-9H2,1-3H3,(H,16,20)(H,18,19). The minimum atomic E-state index is -0.398. The fourth-order valence-corrected chi connectivity index (χ4v) is 3.03. The van der Waals surface area contributed by atoms with Gasteiger partial charge in [-0.2, -0.15) is 0 Å². The number of carbonyl (C=O) groups is 2. The van der Waals surface area contributed by atoms with E-state index in [1.165, 1.54) is 12.8 Å². The molecule has 0 saturated carbocycles. The summed E-state index contributed by atoms with van der Waals surface area (Å²) in [7, 11) is 0. The zero-order chi connectivity index (χ0) is 14.8. The van der Waals surface area contributed by atoms with Crippen molar-refractivity contribution in [2.75, 3.05) is 6.54 Å². The maximum absolute atomic E-state index is 11.9. The molecule has 2 heterocycles. The first-order valence-corrected chi connectivity index (χ1v) is 7.68. The lowest BCUT2D eigenvalue weighted by atomic mass is 9.96. The van der Waals surface area contributed by atoms with Crippen LogP contribution in [0.1, 0.15) is 52.9 Å². The molecular weight excluding hydrogens is 254 g/mol. The number of amides is 2. The normalized spacial score (nSPS) is 29.1. The van der Waals surface area contributed by atoms with Crippen LogP contribution in [-0.4, -0.2) is 36.5 Å². The van der Waals surface area contributed by atoms with Gasteiger partial charge in [0.1, 0.15) is 0 Å². The number of hydrogen-bond donors (Lipinski definition) is 3. The van der Waals surface area contributed by atoms with Crippen LogP contribution in [0.2, 0.25) is 0 Å². The molecule has 0 aromatic heterocycles. The zero-order valence-corrected chi connectivity index (χ0v) is 12.8. The minimum absolute atomic E-state index is 0.00906. The van der Waals surface area contributed by atoms with Gasteiger partial charge in [0.15, 0.2) is 0 Å². The van der Waals surface area contributed by atoms with E-state index in [2.05, 4.69) is 16.0 Å². The highest BCUT2D eigenvalue weighted by Gasteiger charge is 2.33. The zero-order valence-electron chi connectivity index (χ0n) is 12.8. The number of carbonyl (C=O) groups excluding carboxylic acids is 2. The molecule has 2 aliphatic heterocycles. The first-order chi connectivity index (χ1) is 9.34. The Morgan fingerprint density at radius 2 is 1.75 bits per heavy atom. The highest BCUT2D eigenvalue weighted by molar-refractivity contribution is 5.82. The monoisotopic (exact) mass is 281 g/mol.